The molecule has 0 radical (unpaired) electrons. The predicted octanol–water partition coefficient (Wildman–Crippen LogP) is -0.281. The molecule has 1 heterocycles. The zero-order chi connectivity index (χ0) is 13.1. The number of ether oxygens (including phenoxy) is 2. The van der Waals surface area contributed by atoms with Crippen LogP contribution >= 0.6 is 0 Å². The van der Waals surface area contributed by atoms with Gasteiger partial charge in [0.2, 0.25) is 0 Å². The van der Waals surface area contributed by atoms with Crippen LogP contribution in [0.15, 0.2) is 24.3 Å². The van der Waals surface area contributed by atoms with Crippen LogP contribution in [0.1, 0.15) is 5.56 Å². The lowest BCUT2D eigenvalue weighted by molar-refractivity contribution is -0.0215. The predicted molar refractivity (Wildman–Crippen MR) is 64.5 cm³/mol. The van der Waals surface area contributed by atoms with E-state index in [2.05, 4.69) is 0 Å². The summed E-state index contributed by atoms with van der Waals surface area (Å²) in [5, 5.41) is 28.4. The summed E-state index contributed by atoms with van der Waals surface area (Å²) in [5.41, 5.74) is 0.977. The first-order valence-corrected chi connectivity index (χ1v) is 5.91. The van der Waals surface area contributed by atoms with Gasteiger partial charge in [-0.05, 0) is 17.7 Å². The van der Waals surface area contributed by atoms with Crippen molar-refractivity contribution in [1.82, 2.24) is 0 Å². The van der Waals surface area contributed by atoms with Gasteiger partial charge in [0, 0.05) is 6.42 Å². The van der Waals surface area contributed by atoms with Gasteiger partial charge >= 0.3 is 0 Å². The van der Waals surface area contributed by atoms with Gasteiger partial charge in [0.1, 0.15) is 24.1 Å². The second kappa shape index (κ2) is 5.67. The van der Waals surface area contributed by atoms with Crippen LogP contribution in [0.2, 0.25) is 0 Å². The van der Waals surface area contributed by atoms with E-state index in [1.54, 1.807) is 7.11 Å². The molecule has 0 aromatic heterocycles. The van der Waals surface area contributed by atoms with Crippen molar-refractivity contribution in [2.75, 3.05) is 13.7 Å². The van der Waals surface area contributed by atoms with Crippen molar-refractivity contribution in [2.24, 2.45) is 0 Å². The number of hydrogen-bond acceptors (Lipinski definition) is 5. The first kappa shape index (κ1) is 13.3. The summed E-state index contributed by atoms with van der Waals surface area (Å²) in [6.07, 6.45) is -2.71. The Hall–Kier alpha value is -1.14. The summed E-state index contributed by atoms with van der Waals surface area (Å²) >= 11 is 0. The Morgan fingerprint density at radius 3 is 2.22 bits per heavy atom. The fourth-order valence-corrected chi connectivity index (χ4v) is 2.14. The van der Waals surface area contributed by atoms with Crippen molar-refractivity contribution in [1.29, 1.82) is 0 Å². The van der Waals surface area contributed by atoms with Crippen molar-refractivity contribution in [3.63, 3.8) is 0 Å². The van der Waals surface area contributed by atoms with Crippen molar-refractivity contribution >= 4 is 0 Å². The molecule has 1 aliphatic heterocycles. The topological polar surface area (TPSA) is 79.2 Å². The Bertz CT molecular complexity index is 377. The molecule has 1 fully saturated rings. The summed E-state index contributed by atoms with van der Waals surface area (Å²) in [6.45, 7) is -0.294. The molecule has 0 bridgehead atoms. The molecule has 100 valence electrons. The number of rotatable bonds is 4. The second-order valence-electron chi connectivity index (χ2n) is 4.43. The molecule has 4 atom stereocenters. The fourth-order valence-electron chi connectivity index (χ4n) is 2.14. The van der Waals surface area contributed by atoms with E-state index >= 15 is 0 Å². The molecule has 5 nitrogen and oxygen atoms in total. The first-order chi connectivity index (χ1) is 8.65. The van der Waals surface area contributed by atoms with Gasteiger partial charge in [-0.2, -0.15) is 0 Å². The Kier molecular flexibility index (Phi) is 4.19. The molecular formula is C13H18O5. The van der Waals surface area contributed by atoms with Gasteiger partial charge in [0.15, 0.2) is 0 Å². The molecule has 0 saturated carbocycles. The molecule has 0 amide bonds. The monoisotopic (exact) mass is 254 g/mol. The lowest BCUT2D eigenvalue weighted by atomic mass is 10.0. The molecule has 0 spiro atoms. The van der Waals surface area contributed by atoms with E-state index in [0.29, 0.717) is 6.42 Å². The first-order valence-electron chi connectivity index (χ1n) is 5.91. The smallest absolute Gasteiger partial charge is 0.118 e. The van der Waals surface area contributed by atoms with Gasteiger partial charge in [-0.1, -0.05) is 12.1 Å². The summed E-state index contributed by atoms with van der Waals surface area (Å²) < 4.78 is 10.5. The third-order valence-electron chi connectivity index (χ3n) is 3.24. The third-order valence-corrected chi connectivity index (χ3v) is 3.24. The highest BCUT2D eigenvalue weighted by Crippen LogP contribution is 2.24. The van der Waals surface area contributed by atoms with E-state index in [-0.39, 0.29) is 6.61 Å². The molecule has 0 unspecified atom stereocenters. The average Bonchev–Trinajstić information content (AvgIpc) is 2.67. The van der Waals surface area contributed by atoms with Gasteiger partial charge < -0.3 is 24.8 Å². The van der Waals surface area contributed by atoms with Crippen LogP contribution < -0.4 is 4.74 Å². The van der Waals surface area contributed by atoms with Crippen molar-refractivity contribution in [3.05, 3.63) is 29.8 Å². The second-order valence-corrected chi connectivity index (χ2v) is 4.43. The average molecular weight is 254 g/mol. The Labute approximate surface area is 106 Å². The number of aliphatic hydroxyl groups excluding tert-OH is 3. The number of aliphatic hydroxyl groups is 3. The van der Waals surface area contributed by atoms with Crippen LogP contribution in [0.25, 0.3) is 0 Å². The van der Waals surface area contributed by atoms with Gasteiger partial charge in [0.25, 0.3) is 0 Å². The standard InChI is InChI=1S/C13H18O5/c1-17-9-4-2-8(3-5-9)6-10-12(15)13(16)11(7-14)18-10/h2-5,10-16H,6-7H2,1H3/t10-,11+,12+,13+/m0/s1. The molecule has 1 aromatic rings. The minimum absolute atomic E-state index is 0.294. The third kappa shape index (κ3) is 2.64. The van der Waals surface area contributed by atoms with E-state index in [0.717, 1.165) is 11.3 Å². The maximum absolute atomic E-state index is 9.81. The van der Waals surface area contributed by atoms with Crippen LogP contribution in [0, 0.1) is 0 Å². The molecule has 1 aromatic carbocycles. The normalized spacial score (nSPS) is 31.6. The van der Waals surface area contributed by atoms with Crippen LogP contribution in [0.5, 0.6) is 5.75 Å². The van der Waals surface area contributed by atoms with E-state index in [4.69, 9.17) is 14.6 Å². The molecule has 1 aliphatic rings. The molecule has 2 rings (SSSR count). The maximum atomic E-state index is 9.81. The summed E-state index contributed by atoms with van der Waals surface area (Å²) in [6, 6.07) is 7.42. The number of benzene rings is 1. The van der Waals surface area contributed by atoms with Gasteiger partial charge in [-0.15, -0.1) is 0 Å². The molecule has 18 heavy (non-hydrogen) atoms. The van der Waals surface area contributed by atoms with Gasteiger partial charge in [0.05, 0.1) is 19.8 Å². The van der Waals surface area contributed by atoms with Crippen molar-refractivity contribution in [2.45, 2.75) is 30.8 Å². The van der Waals surface area contributed by atoms with E-state index in [1.807, 2.05) is 24.3 Å². The lowest BCUT2D eigenvalue weighted by Gasteiger charge is -2.14. The molecule has 1 saturated heterocycles. The molecule has 3 N–H and O–H groups in total. The lowest BCUT2D eigenvalue weighted by Crippen LogP contribution is -2.34. The zero-order valence-corrected chi connectivity index (χ0v) is 10.2. The highest BCUT2D eigenvalue weighted by atomic mass is 16.6. The van der Waals surface area contributed by atoms with Crippen LogP contribution in [-0.4, -0.2) is 53.5 Å². The summed E-state index contributed by atoms with van der Waals surface area (Å²) in [5.74, 6) is 0.764. The van der Waals surface area contributed by atoms with Crippen molar-refractivity contribution in [3.8, 4) is 5.75 Å². The highest BCUT2D eigenvalue weighted by Gasteiger charge is 2.41. The Balaban J connectivity index is 2.00. The SMILES string of the molecule is COc1ccc(C[C@@H]2O[C@H](CO)[C@@H](O)[C@@H]2O)cc1. The van der Waals surface area contributed by atoms with Crippen LogP contribution in [-0.2, 0) is 11.2 Å². The summed E-state index contributed by atoms with van der Waals surface area (Å²) in [4.78, 5) is 0. The van der Waals surface area contributed by atoms with E-state index in [9.17, 15) is 10.2 Å². The van der Waals surface area contributed by atoms with Gasteiger partial charge in [-0.3, -0.25) is 0 Å². The fraction of sp³-hybridized carbons (Fsp3) is 0.538. The summed E-state index contributed by atoms with van der Waals surface area (Å²) in [7, 11) is 1.60. The number of hydrogen-bond donors (Lipinski definition) is 3. The largest absolute Gasteiger partial charge is 0.497 e. The number of methoxy groups -OCH3 is 1. The Morgan fingerprint density at radius 1 is 1.11 bits per heavy atom. The minimum Gasteiger partial charge on any atom is -0.497 e. The van der Waals surface area contributed by atoms with Crippen LogP contribution in [0.4, 0.5) is 0 Å². The van der Waals surface area contributed by atoms with E-state index < -0.39 is 24.4 Å². The van der Waals surface area contributed by atoms with Crippen LogP contribution in [0.3, 0.4) is 0 Å². The molecular weight excluding hydrogens is 236 g/mol. The van der Waals surface area contributed by atoms with Gasteiger partial charge in [-0.25, -0.2) is 0 Å². The highest BCUT2D eigenvalue weighted by molar-refractivity contribution is 5.27. The zero-order valence-electron chi connectivity index (χ0n) is 10.2. The van der Waals surface area contributed by atoms with E-state index in [1.165, 1.54) is 0 Å². The Morgan fingerprint density at radius 2 is 1.72 bits per heavy atom. The van der Waals surface area contributed by atoms with Crippen molar-refractivity contribution < 1.29 is 24.8 Å². The molecule has 0 aliphatic carbocycles. The quantitative estimate of drug-likeness (QED) is 0.688. The minimum atomic E-state index is -1.03. The molecule has 5 heteroatoms. The maximum Gasteiger partial charge on any atom is 0.118 e.